The minimum Gasteiger partial charge on any atom is -0.507 e. The number of benzene rings is 2. The predicted octanol–water partition coefficient (Wildman–Crippen LogP) is 5.44. The van der Waals surface area contributed by atoms with Gasteiger partial charge in [0.2, 0.25) is 0 Å². The Bertz CT molecular complexity index is 1280. The van der Waals surface area contributed by atoms with Crippen molar-refractivity contribution in [3.05, 3.63) is 57.0 Å². The highest BCUT2D eigenvalue weighted by atomic mass is 32.2. The summed E-state index contributed by atoms with van der Waals surface area (Å²) in [5.74, 6) is 1.88. The van der Waals surface area contributed by atoms with Gasteiger partial charge in [0.05, 0.1) is 4.91 Å². The summed E-state index contributed by atoms with van der Waals surface area (Å²) in [4.78, 5) is 26.0. The zero-order valence-electron chi connectivity index (χ0n) is 22.0. The van der Waals surface area contributed by atoms with Crippen LogP contribution in [0.2, 0.25) is 0 Å². The molecule has 0 spiro atoms. The summed E-state index contributed by atoms with van der Waals surface area (Å²) in [6, 6.07) is 7.87. The van der Waals surface area contributed by atoms with Crippen LogP contribution in [0.3, 0.4) is 0 Å². The summed E-state index contributed by atoms with van der Waals surface area (Å²) in [6.45, 7) is 12.7. The highest BCUT2D eigenvalue weighted by Crippen LogP contribution is 2.52. The molecule has 0 radical (unpaired) electrons. The molecule has 5 rings (SSSR count). The number of nitrogens with one attached hydrogen (secondary N) is 1. The number of nitrogens with zero attached hydrogens (tertiary/aromatic N) is 1. The van der Waals surface area contributed by atoms with Crippen LogP contribution in [0.25, 0.3) is 6.08 Å². The zero-order valence-corrected chi connectivity index (χ0v) is 22.8. The Morgan fingerprint density at radius 1 is 1.16 bits per heavy atom. The van der Waals surface area contributed by atoms with Crippen molar-refractivity contribution in [2.24, 2.45) is 0 Å². The average Bonchev–Trinajstić information content (AvgIpc) is 3.51. The molecule has 2 atom stereocenters. The number of fused-ring (bicyclic) bond motifs is 1. The summed E-state index contributed by atoms with van der Waals surface area (Å²) in [5.41, 5.74) is 4.45. The largest absolute Gasteiger partial charge is 0.507 e. The van der Waals surface area contributed by atoms with Crippen LogP contribution in [0.5, 0.6) is 17.2 Å². The summed E-state index contributed by atoms with van der Waals surface area (Å²) in [5, 5.41) is 12.7. The maximum atomic E-state index is 11.8. The summed E-state index contributed by atoms with van der Waals surface area (Å²) in [7, 11) is 0. The number of ether oxygens (including phenoxy) is 2. The first kappa shape index (κ1) is 25.7. The van der Waals surface area contributed by atoms with Crippen LogP contribution < -0.4 is 14.8 Å². The fourth-order valence-electron chi connectivity index (χ4n) is 5.66. The standard InChI is InChI=1S/C29H34N2O5S/c1-16-17(2)26-24(18(3)25(16)32)22(29(4,5)36-26)14-31-12-6-7-20(31)15-35-21-10-8-19(9-11-21)13-23-27(33)30-28(34)37-23/h8-11,13,20,22,32H,6-7,12,14-15H2,1-5H3,(H,30,33,34)/b23-13+. The molecule has 2 aromatic rings. The second-order valence-electron chi connectivity index (χ2n) is 10.7. The second kappa shape index (κ2) is 9.72. The topological polar surface area (TPSA) is 88.1 Å². The summed E-state index contributed by atoms with van der Waals surface area (Å²) in [6.07, 6.45) is 3.90. The van der Waals surface area contributed by atoms with E-state index in [1.165, 1.54) is 0 Å². The lowest BCUT2D eigenvalue weighted by atomic mass is 9.82. The first-order valence-corrected chi connectivity index (χ1v) is 13.6. The Hall–Kier alpha value is -2.97. The van der Waals surface area contributed by atoms with Gasteiger partial charge in [-0.2, -0.15) is 0 Å². The fraction of sp³-hybridized carbons (Fsp3) is 0.448. The Balaban J connectivity index is 1.26. The maximum absolute atomic E-state index is 11.8. The van der Waals surface area contributed by atoms with Gasteiger partial charge in [-0.25, -0.2) is 0 Å². The van der Waals surface area contributed by atoms with Gasteiger partial charge < -0.3 is 14.6 Å². The molecule has 3 aliphatic heterocycles. The van der Waals surface area contributed by atoms with Gasteiger partial charge in [0, 0.05) is 24.1 Å². The van der Waals surface area contributed by atoms with Gasteiger partial charge >= 0.3 is 0 Å². The Morgan fingerprint density at radius 3 is 2.57 bits per heavy atom. The molecule has 7 nitrogen and oxygen atoms in total. The van der Waals surface area contributed by atoms with Crippen molar-refractivity contribution < 1.29 is 24.2 Å². The van der Waals surface area contributed by atoms with Crippen LogP contribution in [-0.2, 0) is 4.79 Å². The normalized spacial score (nSPS) is 23.9. The van der Waals surface area contributed by atoms with Gasteiger partial charge in [0.15, 0.2) is 0 Å². The van der Waals surface area contributed by atoms with Crippen molar-refractivity contribution in [3.8, 4) is 17.2 Å². The smallest absolute Gasteiger partial charge is 0.290 e. The van der Waals surface area contributed by atoms with Crippen molar-refractivity contribution in [2.75, 3.05) is 19.7 Å². The zero-order chi connectivity index (χ0) is 26.5. The van der Waals surface area contributed by atoms with Crippen molar-refractivity contribution in [1.29, 1.82) is 0 Å². The predicted molar refractivity (Wildman–Crippen MR) is 145 cm³/mol. The van der Waals surface area contributed by atoms with E-state index in [2.05, 4.69) is 24.1 Å². The average molecular weight is 523 g/mol. The van der Waals surface area contributed by atoms with Gasteiger partial charge in [-0.05, 0) is 106 Å². The molecule has 2 N–H and O–H groups in total. The van der Waals surface area contributed by atoms with Gasteiger partial charge in [0.1, 0.15) is 29.5 Å². The SMILES string of the molecule is Cc1c(C)c2c(c(C)c1O)C(CN1CCCC1COc1ccc(/C=C3/SC(=O)NC3=O)cc1)C(C)(C)O2. The first-order chi connectivity index (χ1) is 17.5. The van der Waals surface area contributed by atoms with Crippen molar-refractivity contribution in [2.45, 2.75) is 65.0 Å². The third-order valence-electron chi connectivity index (χ3n) is 7.99. The van der Waals surface area contributed by atoms with Crippen LogP contribution in [0.4, 0.5) is 4.79 Å². The number of carbonyl (C=O) groups excluding carboxylic acids is 2. The lowest BCUT2D eigenvalue weighted by Gasteiger charge is -2.33. The third-order valence-corrected chi connectivity index (χ3v) is 8.80. The van der Waals surface area contributed by atoms with E-state index >= 15 is 0 Å². The number of thioether (sulfide) groups is 1. The molecule has 0 aromatic heterocycles. The number of hydrogen-bond donors (Lipinski definition) is 2. The molecule has 0 bridgehead atoms. The minimum absolute atomic E-state index is 0.151. The number of aromatic hydroxyl groups is 1. The van der Waals surface area contributed by atoms with Crippen LogP contribution in [0.15, 0.2) is 29.2 Å². The second-order valence-corrected chi connectivity index (χ2v) is 11.8. The monoisotopic (exact) mass is 522 g/mol. The summed E-state index contributed by atoms with van der Waals surface area (Å²) >= 11 is 0.913. The number of carbonyl (C=O) groups is 2. The third kappa shape index (κ3) is 4.84. The van der Waals surface area contributed by atoms with Crippen molar-refractivity contribution >= 4 is 29.0 Å². The number of phenols is 1. The number of imide groups is 1. The van der Waals surface area contributed by atoms with Gasteiger partial charge in [-0.15, -0.1) is 0 Å². The Labute approximate surface area is 222 Å². The molecule has 8 heteroatoms. The van der Waals surface area contributed by atoms with Crippen LogP contribution >= 0.6 is 11.8 Å². The van der Waals surface area contributed by atoms with E-state index in [0.29, 0.717) is 23.3 Å². The number of hydrogen-bond acceptors (Lipinski definition) is 7. The Kier molecular flexibility index (Phi) is 6.75. The van der Waals surface area contributed by atoms with E-state index < -0.39 is 0 Å². The van der Waals surface area contributed by atoms with Crippen molar-refractivity contribution in [1.82, 2.24) is 10.2 Å². The molecule has 0 aliphatic carbocycles. The Morgan fingerprint density at radius 2 is 1.89 bits per heavy atom. The van der Waals surface area contributed by atoms with E-state index in [1.807, 2.05) is 45.0 Å². The number of likely N-dealkylation sites (tertiary alicyclic amines) is 1. The van der Waals surface area contributed by atoms with E-state index in [9.17, 15) is 14.7 Å². The number of rotatable bonds is 6. The summed E-state index contributed by atoms with van der Waals surface area (Å²) < 4.78 is 12.7. The molecule has 2 unspecified atom stereocenters. The highest BCUT2D eigenvalue weighted by Gasteiger charge is 2.45. The molecule has 2 saturated heterocycles. The molecule has 196 valence electrons. The highest BCUT2D eigenvalue weighted by molar-refractivity contribution is 8.18. The molecular formula is C29H34N2O5S. The molecule has 3 aliphatic rings. The van der Waals surface area contributed by atoms with E-state index in [4.69, 9.17) is 9.47 Å². The van der Waals surface area contributed by atoms with Crippen LogP contribution in [0, 0.1) is 20.8 Å². The van der Waals surface area contributed by atoms with Gasteiger partial charge in [-0.1, -0.05) is 12.1 Å². The van der Waals surface area contributed by atoms with Gasteiger partial charge in [-0.3, -0.25) is 19.8 Å². The molecular weight excluding hydrogens is 488 g/mol. The van der Waals surface area contributed by atoms with E-state index in [-0.39, 0.29) is 22.7 Å². The molecule has 0 saturated carbocycles. The number of phenolic OH excluding ortho intramolecular Hbond substituents is 1. The van der Waals surface area contributed by atoms with E-state index in [1.54, 1.807) is 6.08 Å². The first-order valence-electron chi connectivity index (χ1n) is 12.8. The minimum atomic E-state index is -0.366. The fourth-order valence-corrected chi connectivity index (χ4v) is 6.34. The quantitative estimate of drug-likeness (QED) is 0.489. The van der Waals surface area contributed by atoms with Crippen molar-refractivity contribution in [3.63, 3.8) is 0 Å². The maximum Gasteiger partial charge on any atom is 0.290 e. The molecule has 37 heavy (non-hydrogen) atoms. The molecule has 2 aromatic carbocycles. The lowest BCUT2D eigenvalue weighted by Crippen LogP contribution is -2.42. The molecule has 2 fully saturated rings. The van der Waals surface area contributed by atoms with Crippen LogP contribution in [-0.4, -0.2) is 52.5 Å². The molecule has 2 amide bonds. The van der Waals surface area contributed by atoms with Crippen LogP contribution in [0.1, 0.15) is 60.4 Å². The number of amides is 2. The van der Waals surface area contributed by atoms with Gasteiger partial charge in [0.25, 0.3) is 11.1 Å². The van der Waals surface area contributed by atoms with E-state index in [0.717, 1.165) is 77.0 Å². The lowest BCUT2D eigenvalue weighted by molar-refractivity contribution is -0.115. The molecule has 3 heterocycles.